The Morgan fingerprint density at radius 1 is 0.549 bits per heavy atom. The molecule has 0 aliphatic carbocycles. The number of likely N-dealkylation sites (tertiary alicyclic amines) is 1. The Morgan fingerprint density at radius 3 is 1.37 bits per heavy atom. The van der Waals surface area contributed by atoms with Gasteiger partial charge >= 0.3 is 5.97 Å². The van der Waals surface area contributed by atoms with E-state index in [2.05, 4.69) is 59.2 Å². The number of pyridine rings is 3. The number of rotatable bonds is 18. The number of nitrogens with zero attached hydrogens (tertiary/aromatic N) is 11. The normalized spacial score (nSPS) is 17.3. The molecule has 19 nitrogen and oxygen atoms in total. The highest BCUT2D eigenvalue weighted by Gasteiger charge is 2.37. The van der Waals surface area contributed by atoms with Crippen LogP contribution in [0.4, 0.5) is 38.0 Å². The van der Waals surface area contributed by atoms with Crippen molar-refractivity contribution >= 4 is 73.5 Å². The molecule has 8 aromatic rings. The van der Waals surface area contributed by atoms with E-state index in [4.69, 9.17) is 31.1 Å². The van der Waals surface area contributed by atoms with Gasteiger partial charge in [0.15, 0.2) is 22.9 Å². The molecule has 4 aliphatic heterocycles. The van der Waals surface area contributed by atoms with Gasteiger partial charge in [-0.25, -0.2) is 50.5 Å². The Morgan fingerprint density at radius 2 is 0.945 bits per heavy atom. The van der Waals surface area contributed by atoms with Gasteiger partial charge in [-0.15, -0.1) is 0 Å². The van der Waals surface area contributed by atoms with E-state index in [0.29, 0.717) is 115 Å². The predicted molar refractivity (Wildman–Crippen MR) is 338 cm³/mol. The molecule has 4 aliphatic rings. The summed E-state index contributed by atoms with van der Waals surface area (Å²) in [6.45, 7) is 17.5. The van der Waals surface area contributed by atoms with E-state index >= 15 is 0 Å². The number of amidine groups is 1. The van der Waals surface area contributed by atoms with Crippen LogP contribution in [0.1, 0.15) is 116 Å². The summed E-state index contributed by atoms with van der Waals surface area (Å²) >= 11 is 0. The summed E-state index contributed by atoms with van der Waals surface area (Å²) in [7, 11) is -2.49. The number of carbonyl (C=O) groups excluding carboxylic acids is 2. The van der Waals surface area contributed by atoms with Gasteiger partial charge < -0.3 is 40.7 Å². The number of carboxylic acids is 1. The third-order valence-electron chi connectivity index (χ3n) is 16.5. The minimum atomic E-state index is -1.25. The highest BCUT2D eigenvalue weighted by molar-refractivity contribution is 6.76. The molecule has 27 heteroatoms. The van der Waals surface area contributed by atoms with Crippen molar-refractivity contribution in [2.24, 2.45) is 16.5 Å². The van der Waals surface area contributed by atoms with Gasteiger partial charge in [0.25, 0.3) is 0 Å². The number of halogens is 6. The van der Waals surface area contributed by atoms with Crippen LogP contribution in [0, 0.1) is 34.9 Å². The maximum Gasteiger partial charge on any atom is 0.337 e. The van der Waals surface area contributed by atoms with Crippen LogP contribution < -0.4 is 21.3 Å². The zero-order chi connectivity index (χ0) is 65.1. The molecule has 3 atom stereocenters. The number of amides is 2. The van der Waals surface area contributed by atoms with Crippen molar-refractivity contribution in [1.29, 1.82) is 0 Å². The fourth-order valence-corrected chi connectivity index (χ4v) is 13.3. The maximum atomic E-state index is 14.6. The van der Waals surface area contributed by atoms with Crippen LogP contribution >= 0.6 is 0 Å². The molecule has 2 amide bonds. The molecule has 480 valence electrons. The zero-order valence-corrected chi connectivity index (χ0v) is 53.5. The second-order valence-corrected chi connectivity index (χ2v) is 36.7. The van der Waals surface area contributed by atoms with Crippen molar-refractivity contribution in [1.82, 2.24) is 39.4 Å². The fraction of sp³-hybridized carbons (Fsp3) is 0.391. The summed E-state index contributed by atoms with van der Waals surface area (Å²) in [6.07, 6.45) is 8.56. The average Bonchev–Trinajstić information content (AvgIpc) is 1.76. The highest BCUT2D eigenvalue weighted by Crippen LogP contribution is 2.42. The second-order valence-electron chi connectivity index (χ2n) is 25.5. The van der Waals surface area contributed by atoms with Crippen LogP contribution in [-0.4, -0.2) is 117 Å². The summed E-state index contributed by atoms with van der Waals surface area (Å²) in [6, 6.07) is 16.3. The number of fused-ring (bicyclic) bond motifs is 3. The number of aliphatic imine (C=N–C) groups is 1. The molecule has 5 N–H and O–H groups in total. The SMILES string of the molecule is C[Si](C)(C)CCOCn1nc(N2CCC[C@@H]2c2cc(F)ccc2F)c2cc(C(=O)O)cnc21.C[Si](C)(C)CCOCn1nc(N2CCC[C@@H]2c2cc(F)ccc2F)c2cc(C(N)=O)cnc21.NC(=O)c1cnc2c(c1)C(N1CCC[C@@H]1c1cc(F)ccc1F)=NC2. The molecular weight excluding hydrogens is 1220 g/mol. The first-order chi connectivity index (χ1) is 43.3. The standard InChI is InChI=1S/C23H29F2N5O2Si.C23H28F2N4O3Si.C18H16F2N4O/c1-33(2,3)10-9-32-14-30-22-18(11-15(13-27-22)21(26)31)23(28-30)29-8-4-5-20(29)17-12-16(24)6-7-19(17)25;1-33(2,3)10-9-32-14-29-21-18(11-15(13-26-21)23(30)31)22(27-29)28-8-4-5-20(28)17-12-16(24)6-7-19(17)25;19-11-3-4-14(20)12(7-11)16-2-1-5-24(16)18-13-6-10(17(21)25)8-22-15(13)9-23-18/h6-7,11-13,20H,4-5,8-10,14H2,1-3H3,(H2,26,31);6-7,11-13,20H,4-5,8-10,14H2,1-3H3,(H,30,31);3-4,6-8,16H,1-2,5,9H2,(H2,21,25)/t2*20-;16-/m111/s1. The Hall–Kier alpha value is -8.54. The van der Waals surface area contributed by atoms with Gasteiger partial charge in [-0.3, -0.25) is 19.6 Å². The average molecular weight is 1290 g/mol. The van der Waals surface area contributed by atoms with Crippen molar-refractivity contribution in [2.45, 2.75) is 128 Å². The molecule has 3 saturated heterocycles. The Kier molecular flexibility index (Phi) is 19.8. The number of aromatic nitrogens is 7. The van der Waals surface area contributed by atoms with Crippen molar-refractivity contribution in [2.75, 3.05) is 42.6 Å². The van der Waals surface area contributed by atoms with Crippen LogP contribution in [-0.2, 0) is 29.5 Å². The minimum absolute atomic E-state index is 0.0376. The molecule has 3 aromatic carbocycles. The van der Waals surface area contributed by atoms with E-state index in [-0.39, 0.29) is 42.2 Å². The molecule has 0 unspecified atom stereocenters. The summed E-state index contributed by atoms with van der Waals surface area (Å²) in [4.78, 5) is 58.1. The quantitative estimate of drug-likeness (QED) is 0.0412. The van der Waals surface area contributed by atoms with Crippen molar-refractivity contribution in [3.05, 3.63) is 171 Å². The van der Waals surface area contributed by atoms with Gasteiger partial charge in [-0.1, -0.05) is 39.3 Å². The molecule has 5 aromatic heterocycles. The molecule has 0 radical (unpaired) electrons. The largest absolute Gasteiger partial charge is 0.478 e. The van der Waals surface area contributed by atoms with Crippen molar-refractivity contribution in [3.8, 4) is 0 Å². The minimum Gasteiger partial charge on any atom is -0.478 e. The number of hydrogen-bond acceptors (Lipinski definition) is 14. The lowest BCUT2D eigenvalue weighted by Gasteiger charge is -2.27. The van der Waals surface area contributed by atoms with Crippen LogP contribution in [0.15, 0.2) is 96.4 Å². The Bertz CT molecular complexity index is 3880. The number of hydrogen-bond donors (Lipinski definition) is 3. The monoisotopic (exact) mass is 1290 g/mol. The predicted octanol–water partition coefficient (Wildman–Crippen LogP) is 12.1. The lowest BCUT2D eigenvalue weighted by molar-refractivity contribution is 0.0696. The molecule has 3 fully saturated rings. The Labute approximate surface area is 524 Å². The lowest BCUT2D eigenvalue weighted by Crippen LogP contribution is -2.31. The van der Waals surface area contributed by atoms with Gasteiger partial charge in [0.05, 0.1) is 57.8 Å². The fourth-order valence-electron chi connectivity index (χ4n) is 11.8. The second kappa shape index (κ2) is 27.5. The van der Waals surface area contributed by atoms with E-state index in [1.165, 1.54) is 42.9 Å². The van der Waals surface area contributed by atoms with Gasteiger partial charge in [0, 0.05) is 89.8 Å². The van der Waals surface area contributed by atoms with Crippen LogP contribution in [0.3, 0.4) is 0 Å². The first-order valence-corrected chi connectivity index (χ1v) is 37.6. The molecular formula is C64H73F6N13O6Si2. The molecule has 0 bridgehead atoms. The van der Waals surface area contributed by atoms with Crippen LogP contribution in [0.25, 0.3) is 22.1 Å². The topological polar surface area (TPSA) is 238 Å². The molecule has 9 heterocycles. The maximum absolute atomic E-state index is 14.6. The number of anilines is 2. The van der Waals surface area contributed by atoms with E-state index in [1.54, 1.807) is 21.5 Å². The number of carbonyl (C=O) groups is 3. The van der Waals surface area contributed by atoms with Gasteiger partial charge in [0.1, 0.15) is 54.2 Å². The number of benzene rings is 3. The van der Waals surface area contributed by atoms with E-state index in [9.17, 15) is 45.8 Å². The molecule has 91 heavy (non-hydrogen) atoms. The summed E-state index contributed by atoms with van der Waals surface area (Å²) < 4.78 is 99.8. The third-order valence-corrected chi connectivity index (χ3v) is 19.9. The van der Waals surface area contributed by atoms with Gasteiger partial charge in [0.2, 0.25) is 11.8 Å². The number of carboxylic acid groups (broad SMARTS) is 1. The van der Waals surface area contributed by atoms with Gasteiger partial charge in [-0.05, 0) is 123 Å². The summed E-state index contributed by atoms with van der Waals surface area (Å²) in [5.74, 6) is -3.34. The van der Waals surface area contributed by atoms with Crippen LogP contribution in [0.5, 0.6) is 0 Å². The summed E-state index contributed by atoms with van der Waals surface area (Å²) in [5, 5.41) is 20.1. The van der Waals surface area contributed by atoms with E-state index in [1.807, 2.05) is 14.7 Å². The van der Waals surface area contributed by atoms with Crippen molar-refractivity contribution in [3.63, 3.8) is 0 Å². The zero-order valence-electron chi connectivity index (χ0n) is 51.5. The highest BCUT2D eigenvalue weighted by atomic mass is 28.3. The van der Waals surface area contributed by atoms with E-state index in [0.717, 1.165) is 79.0 Å². The summed E-state index contributed by atoms with van der Waals surface area (Å²) in [5.41, 5.74) is 14.8. The van der Waals surface area contributed by atoms with Crippen LogP contribution in [0.2, 0.25) is 51.4 Å². The number of nitrogens with two attached hydrogens (primary N) is 2. The number of primary amides is 2. The van der Waals surface area contributed by atoms with E-state index < -0.39 is 74.9 Å². The molecule has 0 saturated carbocycles. The Balaban J connectivity index is 0.000000151. The lowest BCUT2D eigenvalue weighted by atomic mass is 10.0. The molecule has 0 spiro atoms. The third kappa shape index (κ3) is 15.1. The first kappa shape index (κ1) is 65.4. The number of ether oxygens (including phenoxy) is 2. The number of aromatic carboxylic acids is 1. The van der Waals surface area contributed by atoms with Crippen molar-refractivity contribution < 1.29 is 55.3 Å². The molecule has 12 rings (SSSR count). The smallest absolute Gasteiger partial charge is 0.337 e. The first-order valence-electron chi connectivity index (χ1n) is 30.2. The van der Waals surface area contributed by atoms with Gasteiger partial charge in [-0.2, -0.15) is 10.2 Å².